The minimum atomic E-state index is -1.00. The SMILES string of the molecule is O=C(CNC(=O)CNC(=S)CC(=O)c1ccccc1)NCC(=O)ON1C(=O)CCC1=O. The molecule has 2 rings (SSSR count). The maximum atomic E-state index is 12.0. The highest BCUT2D eigenvalue weighted by Crippen LogP contribution is 2.11. The monoisotopic (exact) mass is 448 g/mol. The third-order valence-electron chi connectivity index (χ3n) is 3.94. The first kappa shape index (κ1) is 23.6. The molecule has 0 saturated carbocycles. The number of hydrogen-bond acceptors (Lipinski definition) is 8. The highest BCUT2D eigenvalue weighted by molar-refractivity contribution is 7.80. The number of imide groups is 1. The molecule has 1 aromatic carbocycles. The molecule has 1 aliphatic rings. The third-order valence-corrected chi connectivity index (χ3v) is 4.23. The number of Topliss-reactive ketones (excluding diaryl/α,β-unsaturated/α-hetero) is 1. The molecule has 0 aliphatic carbocycles. The molecule has 31 heavy (non-hydrogen) atoms. The molecule has 1 aromatic rings. The minimum absolute atomic E-state index is 0.0393. The Labute approximate surface area is 182 Å². The van der Waals surface area contributed by atoms with Gasteiger partial charge in [-0.3, -0.25) is 24.0 Å². The molecule has 1 saturated heterocycles. The van der Waals surface area contributed by atoms with Crippen molar-refractivity contribution < 1.29 is 33.6 Å². The fourth-order valence-corrected chi connectivity index (χ4v) is 2.58. The van der Waals surface area contributed by atoms with Crippen molar-refractivity contribution in [1.29, 1.82) is 0 Å². The number of ketones is 1. The van der Waals surface area contributed by atoms with E-state index in [1.54, 1.807) is 30.3 Å². The number of hydrogen-bond donors (Lipinski definition) is 3. The van der Waals surface area contributed by atoms with Gasteiger partial charge in [0.05, 0.1) is 24.5 Å². The van der Waals surface area contributed by atoms with Gasteiger partial charge in [-0.15, -0.1) is 5.06 Å². The van der Waals surface area contributed by atoms with E-state index in [0.717, 1.165) is 0 Å². The number of nitrogens with one attached hydrogen (secondary N) is 3. The molecule has 1 aliphatic heterocycles. The lowest BCUT2D eigenvalue weighted by Crippen LogP contribution is -2.44. The Hall–Kier alpha value is -3.67. The van der Waals surface area contributed by atoms with E-state index in [1.165, 1.54) is 0 Å². The quantitative estimate of drug-likeness (QED) is 0.233. The van der Waals surface area contributed by atoms with Crippen LogP contribution >= 0.6 is 12.2 Å². The molecular formula is C19H20N4O7S. The van der Waals surface area contributed by atoms with Crippen LogP contribution < -0.4 is 16.0 Å². The van der Waals surface area contributed by atoms with Crippen LogP contribution in [0, 0.1) is 0 Å². The molecular weight excluding hydrogens is 428 g/mol. The minimum Gasteiger partial charge on any atom is -0.370 e. The number of carbonyl (C=O) groups is 6. The van der Waals surface area contributed by atoms with Crippen LogP contribution in [0.4, 0.5) is 0 Å². The molecule has 4 amide bonds. The van der Waals surface area contributed by atoms with Gasteiger partial charge in [0.15, 0.2) is 5.78 Å². The Morgan fingerprint density at radius 1 is 0.871 bits per heavy atom. The van der Waals surface area contributed by atoms with E-state index in [9.17, 15) is 28.8 Å². The van der Waals surface area contributed by atoms with Crippen LogP contribution in [0.1, 0.15) is 29.6 Å². The first-order valence-electron chi connectivity index (χ1n) is 9.21. The number of amides is 4. The zero-order valence-corrected chi connectivity index (χ0v) is 17.2. The lowest BCUT2D eigenvalue weighted by atomic mass is 10.1. The van der Waals surface area contributed by atoms with Crippen molar-refractivity contribution in [2.24, 2.45) is 0 Å². The van der Waals surface area contributed by atoms with Crippen LogP contribution in [0.3, 0.4) is 0 Å². The Morgan fingerprint density at radius 2 is 1.42 bits per heavy atom. The summed E-state index contributed by atoms with van der Waals surface area (Å²) in [4.78, 5) is 74.5. The summed E-state index contributed by atoms with van der Waals surface area (Å²) in [6, 6.07) is 8.56. The summed E-state index contributed by atoms with van der Waals surface area (Å²) < 4.78 is 0. The normalized spacial score (nSPS) is 12.8. The van der Waals surface area contributed by atoms with Crippen molar-refractivity contribution in [3.8, 4) is 0 Å². The Kier molecular flexibility index (Phi) is 8.76. The summed E-state index contributed by atoms with van der Waals surface area (Å²) in [7, 11) is 0. The second-order valence-corrected chi connectivity index (χ2v) is 6.83. The Morgan fingerprint density at radius 3 is 2.03 bits per heavy atom. The summed E-state index contributed by atoms with van der Waals surface area (Å²) >= 11 is 5.04. The number of thiocarbonyl (C=S) groups is 1. The van der Waals surface area contributed by atoms with Gasteiger partial charge in [0.25, 0.3) is 11.8 Å². The maximum Gasteiger partial charge on any atom is 0.352 e. The van der Waals surface area contributed by atoms with Gasteiger partial charge < -0.3 is 20.8 Å². The number of carbonyl (C=O) groups excluding carboxylic acids is 6. The topological polar surface area (TPSA) is 151 Å². The van der Waals surface area contributed by atoms with Crippen LogP contribution in [0.5, 0.6) is 0 Å². The Balaban J connectivity index is 1.60. The van der Waals surface area contributed by atoms with Crippen molar-refractivity contribution in [2.45, 2.75) is 19.3 Å². The van der Waals surface area contributed by atoms with E-state index >= 15 is 0 Å². The molecule has 0 spiro atoms. The molecule has 3 N–H and O–H groups in total. The second kappa shape index (κ2) is 11.5. The average molecular weight is 448 g/mol. The fourth-order valence-electron chi connectivity index (χ4n) is 2.38. The molecule has 0 radical (unpaired) electrons. The van der Waals surface area contributed by atoms with E-state index in [0.29, 0.717) is 10.6 Å². The molecule has 1 heterocycles. The van der Waals surface area contributed by atoms with Crippen molar-refractivity contribution >= 4 is 52.6 Å². The summed E-state index contributed by atoms with van der Waals surface area (Å²) in [6.07, 6.45) is -0.137. The van der Waals surface area contributed by atoms with Gasteiger partial charge in [-0.05, 0) is 0 Å². The summed E-state index contributed by atoms with van der Waals surface area (Å²) in [5.74, 6) is -3.70. The average Bonchev–Trinajstić information content (AvgIpc) is 3.07. The van der Waals surface area contributed by atoms with Crippen molar-refractivity contribution in [2.75, 3.05) is 19.6 Å². The summed E-state index contributed by atoms with van der Waals surface area (Å²) in [6.45, 7) is -1.25. The Bertz CT molecular complexity index is 888. The van der Waals surface area contributed by atoms with E-state index in [1.807, 2.05) is 0 Å². The zero-order chi connectivity index (χ0) is 22.8. The van der Waals surface area contributed by atoms with E-state index in [-0.39, 0.29) is 36.6 Å². The molecule has 0 unspecified atom stereocenters. The molecule has 164 valence electrons. The smallest absolute Gasteiger partial charge is 0.352 e. The highest BCUT2D eigenvalue weighted by atomic mass is 32.1. The van der Waals surface area contributed by atoms with Gasteiger partial charge in [-0.1, -0.05) is 42.5 Å². The van der Waals surface area contributed by atoms with Crippen LogP contribution in [0.25, 0.3) is 0 Å². The van der Waals surface area contributed by atoms with Crippen molar-refractivity contribution in [1.82, 2.24) is 21.0 Å². The number of rotatable bonds is 10. The standard InChI is InChI=1S/C19H20N4O7S/c24-13(12-4-2-1-3-5-12)8-16(31)22-10-15(26)20-9-14(25)21-11-19(29)30-23-17(27)6-7-18(23)28/h1-5H,6-11H2,(H,20,26)(H,21,25)(H,22,31). The molecule has 11 nitrogen and oxygen atoms in total. The number of benzene rings is 1. The van der Waals surface area contributed by atoms with E-state index < -0.39 is 42.7 Å². The van der Waals surface area contributed by atoms with Crippen molar-refractivity contribution in [3.63, 3.8) is 0 Å². The summed E-state index contributed by atoms with van der Waals surface area (Å²) in [5.41, 5.74) is 0.504. The van der Waals surface area contributed by atoms with Gasteiger partial charge in [0.1, 0.15) is 6.54 Å². The van der Waals surface area contributed by atoms with Gasteiger partial charge in [-0.2, -0.15) is 0 Å². The lowest BCUT2D eigenvalue weighted by Gasteiger charge is -2.13. The third kappa shape index (κ3) is 7.93. The maximum absolute atomic E-state index is 12.0. The molecule has 1 fully saturated rings. The molecule has 0 bridgehead atoms. The predicted molar refractivity (Wildman–Crippen MR) is 109 cm³/mol. The van der Waals surface area contributed by atoms with Crippen LogP contribution in [0.15, 0.2) is 30.3 Å². The van der Waals surface area contributed by atoms with Crippen LogP contribution in [0.2, 0.25) is 0 Å². The number of nitrogens with zero attached hydrogens (tertiary/aromatic N) is 1. The first-order valence-corrected chi connectivity index (χ1v) is 9.62. The van der Waals surface area contributed by atoms with Gasteiger partial charge in [0, 0.05) is 18.4 Å². The van der Waals surface area contributed by atoms with E-state index in [2.05, 4.69) is 20.8 Å². The highest BCUT2D eigenvalue weighted by Gasteiger charge is 2.32. The van der Waals surface area contributed by atoms with Crippen LogP contribution in [-0.4, -0.2) is 65.1 Å². The molecule has 0 aromatic heterocycles. The van der Waals surface area contributed by atoms with Gasteiger partial charge >= 0.3 is 5.97 Å². The van der Waals surface area contributed by atoms with Gasteiger partial charge in [0.2, 0.25) is 11.8 Å². The molecule has 12 heteroatoms. The lowest BCUT2D eigenvalue weighted by molar-refractivity contribution is -0.196. The van der Waals surface area contributed by atoms with Crippen molar-refractivity contribution in [3.05, 3.63) is 35.9 Å². The number of hydroxylamine groups is 2. The molecule has 0 atom stereocenters. The second-order valence-electron chi connectivity index (χ2n) is 6.34. The van der Waals surface area contributed by atoms with Crippen LogP contribution in [-0.2, 0) is 28.8 Å². The fraction of sp³-hybridized carbons (Fsp3) is 0.316. The first-order chi connectivity index (χ1) is 14.8. The van der Waals surface area contributed by atoms with E-state index in [4.69, 9.17) is 12.2 Å². The largest absolute Gasteiger partial charge is 0.370 e. The zero-order valence-electron chi connectivity index (χ0n) is 16.3. The van der Waals surface area contributed by atoms with Gasteiger partial charge in [-0.25, -0.2) is 4.79 Å². The predicted octanol–water partition coefficient (Wildman–Crippen LogP) is -0.984. The summed E-state index contributed by atoms with van der Waals surface area (Å²) in [5, 5.41) is 7.48.